The van der Waals surface area contributed by atoms with Crippen molar-refractivity contribution >= 4 is 15.9 Å². The lowest BCUT2D eigenvalue weighted by atomic mass is 9.98. The van der Waals surface area contributed by atoms with Crippen molar-refractivity contribution in [3.05, 3.63) is 63.6 Å². The van der Waals surface area contributed by atoms with E-state index in [-0.39, 0.29) is 5.82 Å². The number of hydrogen-bond donors (Lipinski definition) is 1. The number of rotatable bonds is 4. The Hall–Kier alpha value is -1.46. The zero-order valence-electron chi connectivity index (χ0n) is 11.1. The molecule has 2 rings (SSSR count). The molecule has 0 amide bonds. The molecule has 0 heterocycles. The van der Waals surface area contributed by atoms with E-state index in [0.29, 0.717) is 21.3 Å². The van der Waals surface area contributed by atoms with Crippen LogP contribution in [0.3, 0.4) is 0 Å². The zero-order valence-corrected chi connectivity index (χ0v) is 12.7. The van der Waals surface area contributed by atoms with E-state index in [4.69, 9.17) is 4.74 Å². The highest BCUT2D eigenvalue weighted by atomic mass is 79.9. The molecule has 2 nitrogen and oxygen atoms in total. The Labute approximate surface area is 124 Å². The summed E-state index contributed by atoms with van der Waals surface area (Å²) in [5.41, 5.74) is 1.08. The van der Waals surface area contributed by atoms with Crippen molar-refractivity contribution in [2.24, 2.45) is 0 Å². The molecule has 1 atom stereocenters. The Kier molecular flexibility index (Phi) is 4.73. The summed E-state index contributed by atoms with van der Waals surface area (Å²) in [6, 6.07) is 8.69. The Balaban J connectivity index is 2.46. The number of nitrogens with one attached hydrogen (secondary N) is 1. The lowest BCUT2D eigenvalue weighted by molar-refractivity contribution is 0.410. The van der Waals surface area contributed by atoms with Crippen molar-refractivity contribution in [2.45, 2.75) is 6.04 Å². The van der Waals surface area contributed by atoms with Crippen molar-refractivity contribution in [3.63, 3.8) is 0 Å². The Bertz CT molecular complexity index is 599. The fourth-order valence-electron chi connectivity index (χ4n) is 2.11. The molecule has 1 unspecified atom stereocenters. The lowest BCUT2D eigenvalue weighted by Gasteiger charge is -2.19. The quantitative estimate of drug-likeness (QED) is 0.905. The fraction of sp³-hybridized carbons (Fsp3) is 0.200. The molecule has 106 valence electrons. The molecule has 0 saturated carbocycles. The normalized spacial score (nSPS) is 12.2. The van der Waals surface area contributed by atoms with Gasteiger partial charge in [-0.1, -0.05) is 22.0 Å². The minimum absolute atomic E-state index is 0.372. The summed E-state index contributed by atoms with van der Waals surface area (Å²) in [5.74, 6) is -0.325. The standard InChI is InChI=1S/C15H14BrF2NO/c1-19-15(9-5-10(16)7-11(17)6-9)13-4-3-12(20-2)8-14(13)18/h3-8,15,19H,1-2H3. The van der Waals surface area contributed by atoms with Crippen LogP contribution in [0.15, 0.2) is 40.9 Å². The first-order valence-electron chi connectivity index (χ1n) is 6.02. The average Bonchev–Trinajstić information content (AvgIpc) is 2.40. The van der Waals surface area contributed by atoms with Crippen LogP contribution in [0.5, 0.6) is 5.75 Å². The molecule has 0 spiro atoms. The Morgan fingerprint density at radius 3 is 2.45 bits per heavy atom. The fourth-order valence-corrected chi connectivity index (χ4v) is 2.60. The molecule has 0 fully saturated rings. The van der Waals surface area contributed by atoms with Gasteiger partial charge in [-0.3, -0.25) is 0 Å². The molecule has 1 N–H and O–H groups in total. The van der Waals surface area contributed by atoms with Gasteiger partial charge in [-0.25, -0.2) is 8.78 Å². The third-order valence-corrected chi connectivity index (χ3v) is 3.48. The van der Waals surface area contributed by atoms with Crippen LogP contribution in [-0.4, -0.2) is 14.2 Å². The van der Waals surface area contributed by atoms with Crippen molar-refractivity contribution in [1.29, 1.82) is 0 Å². The van der Waals surface area contributed by atoms with Crippen molar-refractivity contribution in [2.75, 3.05) is 14.2 Å². The number of ether oxygens (including phenoxy) is 1. The van der Waals surface area contributed by atoms with Gasteiger partial charge < -0.3 is 10.1 Å². The van der Waals surface area contributed by atoms with Gasteiger partial charge >= 0.3 is 0 Å². The SMILES string of the molecule is CNC(c1cc(F)cc(Br)c1)c1ccc(OC)cc1F. The Morgan fingerprint density at radius 1 is 1.15 bits per heavy atom. The minimum Gasteiger partial charge on any atom is -0.497 e. The lowest BCUT2D eigenvalue weighted by Crippen LogP contribution is -2.19. The largest absolute Gasteiger partial charge is 0.497 e. The molecule has 0 aliphatic heterocycles. The van der Waals surface area contributed by atoms with E-state index in [1.807, 2.05) is 0 Å². The van der Waals surface area contributed by atoms with E-state index in [1.165, 1.54) is 25.3 Å². The van der Waals surface area contributed by atoms with Gasteiger partial charge in [0.2, 0.25) is 0 Å². The molecular formula is C15H14BrF2NO. The van der Waals surface area contributed by atoms with Crippen LogP contribution in [0.1, 0.15) is 17.2 Å². The van der Waals surface area contributed by atoms with E-state index in [2.05, 4.69) is 21.2 Å². The second-order valence-electron chi connectivity index (χ2n) is 4.31. The molecule has 0 saturated heterocycles. The smallest absolute Gasteiger partial charge is 0.132 e. The van der Waals surface area contributed by atoms with E-state index in [9.17, 15) is 8.78 Å². The molecule has 0 radical (unpaired) electrons. The predicted molar refractivity (Wildman–Crippen MR) is 78.0 cm³/mol. The predicted octanol–water partition coefficient (Wildman–Crippen LogP) is 4.04. The molecule has 5 heteroatoms. The zero-order chi connectivity index (χ0) is 14.7. The van der Waals surface area contributed by atoms with Gasteiger partial charge in [-0.2, -0.15) is 0 Å². The van der Waals surface area contributed by atoms with Crippen LogP contribution in [0.2, 0.25) is 0 Å². The number of halogens is 3. The Morgan fingerprint density at radius 2 is 1.90 bits per heavy atom. The van der Waals surface area contributed by atoms with Gasteiger partial charge in [0.1, 0.15) is 17.4 Å². The maximum atomic E-state index is 14.1. The molecule has 0 bridgehead atoms. The first-order valence-corrected chi connectivity index (χ1v) is 6.81. The maximum absolute atomic E-state index is 14.1. The van der Waals surface area contributed by atoms with E-state index >= 15 is 0 Å². The molecule has 2 aromatic rings. The van der Waals surface area contributed by atoms with E-state index in [0.717, 1.165) is 0 Å². The molecule has 2 aromatic carbocycles. The average molecular weight is 342 g/mol. The summed E-state index contributed by atoms with van der Waals surface area (Å²) < 4.78 is 33.2. The number of hydrogen-bond acceptors (Lipinski definition) is 2. The van der Waals surface area contributed by atoms with Gasteiger partial charge in [0.15, 0.2) is 0 Å². The van der Waals surface area contributed by atoms with Gasteiger partial charge in [0.25, 0.3) is 0 Å². The van der Waals surface area contributed by atoms with Crippen LogP contribution >= 0.6 is 15.9 Å². The summed E-state index contributed by atoms with van der Waals surface area (Å²) in [4.78, 5) is 0. The molecule has 0 aromatic heterocycles. The minimum atomic E-state index is -0.437. The first-order chi connectivity index (χ1) is 9.55. The summed E-state index contributed by atoms with van der Waals surface area (Å²) in [7, 11) is 3.18. The number of benzene rings is 2. The van der Waals surface area contributed by atoms with Crippen LogP contribution in [0.4, 0.5) is 8.78 Å². The summed E-state index contributed by atoms with van der Waals surface area (Å²) in [5, 5.41) is 3.00. The van der Waals surface area contributed by atoms with Crippen molar-refractivity contribution < 1.29 is 13.5 Å². The van der Waals surface area contributed by atoms with Gasteiger partial charge in [0.05, 0.1) is 13.2 Å². The molecule has 20 heavy (non-hydrogen) atoms. The second-order valence-corrected chi connectivity index (χ2v) is 5.23. The summed E-state index contributed by atoms with van der Waals surface area (Å²) >= 11 is 3.24. The van der Waals surface area contributed by atoms with Gasteiger partial charge in [0, 0.05) is 16.1 Å². The summed E-state index contributed by atoms with van der Waals surface area (Å²) in [6.45, 7) is 0. The van der Waals surface area contributed by atoms with Crippen molar-refractivity contribution in [1.82, 2.24) is 5.32 Å². The maximum Gasteiger partial charge on any atom is 0.132 e. The third-order valence-electron chi connectivity index (χ3n) is 3.03. The van der Waals surface area contributed by atoms with Crippen LogP contribution in [0, 0.1) is 11.6 Å². The highest BCUT2D eigenvalue weighted by Crippen LogP contribution is 2.29. The highest BCUT2D eigenvalue weighted by Gasteiger charge is 2.18. The third kappa shape index (κ3) is 3.16. The van der Waals surface area contributed by atoms with Crippen LogP contribution in [0.25, 0.3) is 0 Å². The van der Waals surface area contributed by atoms with E-state index < -0.39 is 11.9 Å². The molecule has 0 aliphatic rings. The summed E-state index contributed by atoms with van der Waals surface area (Å²) in [6.07, 6.45) is 0. The monoisotopic (exact) mass is 341 g/mol. The van der Waals surface area contributed by atoms with Gasteiger partial charge in [-0.05, 0) is 36.9 Å². The second kappa shape index (κ2) is 6.33. The van der Waals surface area contributed by atoms with E-state index in [1.54, 1.807) is 25.2 Å². The number of methoxy groups -OCH3 is 1. The van der Waals surface area contributed by atoms with Gasteiger partial charge in [-0.15, -0.1) is 0 Å². The van der Waals surface area contributed by atoms with Crippen LogP contribution < -0.4 is 10.1 Å². The first kappa shape index (κ1) is 14.9. The van der Waals surface area contributed by atoms with Crippen molar-refractivity contribution in [3.8, 4) is 5.75 Å². The molecule has 0 aliphatic carbocycles. The topological polar surface area (TPSA) is 21.3 Å². The molecular weight excluding hydrogens is 328 g/mol. The van der Waals surface area contributed by atoms with Crippen LogP contribution in [-0.2, 0) is 0 Å². The highest BCUT2D eigenvalue weighted by molar-refractivity contribution is 9.10.